The van der Waals surface area contributed by atoms with Crippen molar-refractivity contribution in [1.29, 1.82) is 0 Å². The Labute approximate surface area is 211 Å². The minimum atomic E-state index is -0.565. The molecule has 1 aliphatic rings. The number of piperazine rings is 1. The Morgan fingerprint density at radius 3 is 2.35 bits per heavy atom. The van der Waals surface area contributed by atoms with Gasteiger partial charge < -0.3 is 14.4 Å². The van der Waals surface area contributed by atoms with Gasteiger partial charge in [-0.3, -0.25) is 9.69 Å². The molecule has 1 amide bonds. The van der Waals surface area contributed by atoms with Gasteiger partial charge in [-0.1, -0.05) is 35.3 Å². The average Bonchev–Trinajstić information content (AvgIpc) is 2.73. The minimum absolute atomic E-state index is 0.0684. The molecule has 0 unspecified atom stereocenters. The SMILES string of the molecule is C[C@H]1CN(Cc2cc(Cl)ccc2OCC(=O)OC(C)(C)C)CCN1C(=O)Cc1ccc(Cl)cc1. The summed E-state index contributed by atoms with van der Waals surface area (Å²) in [7, 11) is 0. The number of halogens is 2. The molecule has 2 aromatic rings. The van der Waals surface area contributed by atoms with E-state index in [0.29, 0.717) is 35.3 Å². The van der Waals surface area contributed by atoms with Gasteiger partial charge in [0.05, 0.1) is 6.42 Å². The van der Waals surface area contributed by atoms with Gasteiger partial charge in [-0.05, 0) is 63.6 Å². The molecule has 3 rings (SSSR count). The maximum atomic E-state index is 12.9. The molecule has 6 nitrogen and oxygen atoms in total. The molecule has 184 valence electrons. The van der Waals surface area contributed by atoms with Crippen LogP contribution in [0.5, 0.6) is 5.75 Å². The van der Waals surface area contributed by atoms with Gasteiger partial charge in [-0.2, -0.15) is 0 Å². The molecule has 0 N–H and O–H groups in total. The third-order valence-corrected chi connectivity index (χ3v) is 5.97. The second-order valence-corrected chi connectivity index (χ2v) is 10.5. The summed E-state index contributed by atoms with van der Waals surface area (Å²) in [6.45, 7) is 10.0. The number of nitrogens with zero attached hydrogens (tertiary/aromatic N) is 2. The summed E-state index contributed by atoms with van der Waals surface area (Å²) in [6.07, 6.45) is 0.360. The molecule has 34 heavy (non-hydrogen) atoms. The van der Waals surface area contributed by atoms with E-state index in [4.69, 9.17) is 32.7 Å². The molecular weight excluding hydrogens is 475 g/mol. The van der Waals surface area contributed by atoms with E-state index in [1.165, 1.54) is 0 Å². The maximum Gasteiger partial charge on any atom is 0.344 e. The topological polar surface area (TPSA) is 59.1 Å². The lowest BCUT2D eigenvalue weighted by molar-refractivity contribution is -0.157. The van der Waals surface area contributed by atoms with E-state index in [1.54, 1.807) is 24.3 Å². The number of carbonyl (C=O) groups excluding carboxylic acids is 2. The van der Waals surface area contributed by atoms with Crippen molar-refractivity contribution in [3.05, 3.63) is 63.6 Å². The van der Waals surface area contributed by atoms with Crippen LogP contribution in [-0.2, 0) is 27.3 Å². The molecule has 8 heteroatoms. The van der Waals surface area contributed by atoms with Crippen molar-refractivity contribution in [3.63, 3.8) is 0 Å². The summed E-state index contributed by atoms with van der Waals surface area (Å²) >= 11 is 12.2. The highest BCUT2D eigenvalue weighted by molar-refractivity contribution is 6.30. The number of rotatable bonds is 7. The Morgan fingerprint density at radius 1 is 1.03 bits per heavy atom. The van der Waals surface area contributed by atoms with Gasteiger partial charge in [-0.25, -0.2) is 4.79 Å². The first-order chi connectivity index (χ1) is 16.0. The highest BCUT2D eigenvalue weighted by Gasteiger charge is 2.28. The minimum Gasteiger partial charge on any atom is -0.482 e. The van der Waals surface area contributed by atoms with Crippen molar-refractivity contribution >= 4 is 35.1 Å². The average molecular weight is 507 g/mol. The molecule has 1 heterocycles. The Hall–Kier alpha value is -2.28. The number of hydrogen-bond donors (Lipinski definition) is 0. The zero-order chi connectivity index (χ0) is 24.9. The van der Waals surface area contributed by atoms with Crippen molar-refractivity contribution in [2.75, 3.05) is 26.2 Å². The number of ether oxygens (including phenoxy) is 2. The maximum absolute atomic E-state index is 12.9. The van der Waals surface area contributed by atoms with Gasteiger partial charge in [0.25, 0.3) is 0 Å². The first kappa shape index (κ1) is 26.3. The van der Waals surface area contributed by atoms with Crippen LogP contribution in [0.3, 0.4) is 0 Å². The molecule has 1 aliphatic heterocycles. The monoisotopic (exact) mass is 506 g/mol. The van der Waals surface area contributed by atoms with Gasteiger partial charge in [0.2, 0.25) is 5.91 Å². The standard InChI is InChI=1S/C26H32Cl2N2O4/c1-18-15-29(11-12-30(18)24(31)13-19-5-7-21(27)8-6-19)16-20-14-22(28)9-10-23(20)33-17-25(32)34-26(2,3)4/h5-10,14,18H,11-13,15-17H2,1-4H3/t18-/m0/s1. The summed E-state index contributed by atoms with van der Waals surface area (Å²) in [6, 6.07) is 12.8. The molecule has 0 aromatic heterocycles. The van der Waals surface area contributed by atoms with E-state index in [9.17, 15) is 9.59 Å². The Morgan fingerprint density at radius 2 is 1.71 bits per heavy atom. The molecule has 0 bridgehead atoms. The zero-order valence-electron chi connectivity index (χ0n) is 20.1. The Kier molecular flexibility index (Phi) is 8.85. The van der Waals surface area contributed by atoms with Gasteiger partial charge in [-0.15, -0.1) is 0 Å². The molecule has 0 spiro atoms. The molecule has 0 radical (unpaired) electrons. The summed E-state index contributed by atoms with van der Waals surface area (Å²) in [5.41, 5.74) is 1.28. The van der Waals surface area contributed by atoms with Gasteiger partial charge in [0.15, 0.2) is 6.61 Å². The predicted molar refractivity (Wildman–Crippen MR) is 134 cm³/mol. The van der Waals surface area contributed by atoms with Crippen LogP contribution in [-0.4, -0.2) is 59.6 Å². The number of carbonyl (C=O) groups is 2. The quantitative estimate of drug-likeness (QED) is 0.495. The normalized spacial score (nSPS) is 16.9. The van der Waals surface area contributed by atoms with Crippen molar-refractivity contribution in [2.45, 2.75) is 52.3 Å². The molecule has 1 saturated heterocycles. The van der Waals surface area contributed by atoms with Crippen LogP contribution in [0.1, 0.15) is 38.8 Å². The third-order valence-electron chi connectivity index (χ3n) is 5.48. The van der Waals surface area contributed by atoms with E-state index < -0.39 is 11.6 Å². The van der Waals surface area contributed by atoms with Gasteiger partial charge >= 0.3 is 5.97 Å². The number of hydrogen-bond acceptors (Lipinski definition) is 5. The smallest absolute Gasteiger partial charge is 0.344 e. The van der Waals surface area contributed by atoms with Crippen molar-refractivity contribution in [3.8, 4) is 5.75 Å². The number of amides is 1. The highest BCUT2D eigenvalue weighted by atomic mass is 35.5. The van der Waals surface area contributed by atoms with Crippen LogP contribution in [0.2, 0.25) is 10.0 Å². The van der Waals surface area contributed by atoms with E-state index >= 15 is 0 Å². The fraction of sp³-hybridized carbons (Fsp3) is 0.462. The first-order valence-electron chi connectivity index (χ1n) is 11.4. The number of esters is 1. The molecule has 1 atom stereocenters. The van der Waals surface area contributed by atoms with Crippen molar-refractivity contribution in [2.24, 2.45) is 0 Å². The molecule has 1 fully saturated rings. The number of benzene rings is 2. The fourth-order valence-corrected chi connectivity index (χ4v) is 4.31. The lowest BCUT2D eigenvalue weighted by atomic mass is 10.1. The molecule has 0 saturated carbocycles. The van der Waals surface area contributed by atoms with Gasteiger partial charge in [0, 0.05) is 47.8 Å². The highest BCUT2D eigenvalue weighted by Crippen LogP contribution is 2.26. The van der Waals surface area contributed by atoms with Gasteiger partial charge in [0.1, 0.15) is 11.4 Å². The third kappa shape index (κ3) is 7.90. The fourth-order valence-electron chi connectivity index (χ4n) is 3.99. The van der Waals surface area contributed by atoms with Crippen LogP contribution in [0.15, 0.2) is 42.5 Å². The van der Waals surface area contributed by atoms with Crippen molar-refractivity contribution < 1.29 is 19.1 Å². The largest absolute Gasteiger partial charge is 0.482 e. The summed E-state index contributed by atoms with van der Waals surface area (Å²) in [5, 5.41) is 1.26. The lowest BCUT2D eigenvalue weighted by Crippen LogP contribution is -2.54. The Balaban J connectivity index is 1.58. The first-order valence-corrected chi connectivity index (χ1v) is 12.1. The van der Waals surface area contributed by atoms with E-state index in [0.717, 1.165) is 24.2 Å². The van der Waals surface area contributed by atoms with Crippen LogP contribution >= 0.6 is 23.2 Å². The van der Waals surface area contributed by atoms with E-state index in [-0.39, 0.29) is 18.6 Å². The summed E-state index contributed by atoms with van der Waals surface area (Å²) < 4.78 is 11.1. The molecule has 0 aliphatic carbocycles. The predicted octanol–water partition coefficient (Wildman–Crippen LogP) is 4.99. The van der Waals surface area contributed by atoms with Crippen LogP contribution in [0, 0.1) is 0 Å². The van der Waals surface area contributed by atoms with Crippen LogP contribution < -0.4 is 4.74 Å². The molecular formula is C26H32Cl2N2O4. The van der Waals surface area contributed by atoms with Crippen LogP contribution in [0.25, 0.3) is 0 Å². The lowest BCUT2D eigenvalue weighted by Gasteiger charge is -2.40. The van der Waals surface area contributed by atoms with E-state index in [2.05, 4.69) is 11.8 Å². The second-order valence-electron chi connectivity index (χ2n) is 9.60. The van der Waals surface area contributed by atoms with Crippen molar-refractivity contribution in [1.82, 2.24) is 9.80 Å². The van der Waals surface area contributed by atoms with E-state index in [1.807, 2.05) is 43.9 Å². The summed E-state index contributed by atoms with van der Waals surface area (Å²) in [5.74, 6) is 0.289. The molecule has 2 aromatic carbocycles. The zero-order valence-corrected chi connectivity index (χ0v) is 21.7. The van der Waals surface area contributed by atoms with Crippen LogP contribution in [0.4, 0.5) is 0 Å². The Bertz CT molecular complexity index is 1000. The second kappa shape index (κ2) is 11.4. The summed E-state index contributed by atoms with van der Waals surface area (Å²) in [4.78, 5) is 29.1.